The maximum atomic E-state index is 12.4. The van der Waals surface area contributed by atoms with E-state index >= 15 is 0 Å². The van der Waals surface area contributed by atoms with Gasteiger partial charge in [-0.05, 0) is 48.9 Å². The normalized spacial score (nSPS) is 17.6. The van der Waals surface area contributed by atoms with Crippen LogP contribution in [0.4, 0.5) is 5.69 Å². The van der Waals surface area contributed by atoms with Crippen molar-refractivity contribution in [3.8, 4) is 0 Å². The van der Waals surface area contributed by atoms with Gasteiger partial charge in [-0.1, -0.05) is 28.9 Å². The smallest absolute Gasteiger partial charge is 0.256 e. The fraction of sp³-hybridized carbons (Fsp3) is 0.312. The molecular formula is C16H16BrNOS. The first-order valence-electron chi connectivity index (χ1n) is 6.79. The summed E-state index contributed by atoms with van der Waals surface area (Å²) in [5.74, 6) is 0.747. The zero-order chi connectivity index (χ0) is 14.1. The molecule has 1 aromatic heterocycles. The topological polar surface area (TPSA) is 29.1 Å². The van der Waals surface area contributed by atoms with Gasteiger partial charge in [-0.3, -0.25) is 4.79 Å². The lowest BCUT2D eigenvalue weighted by Gasteiger charge is -2.18. The van der Waals surface area contributed by atoms with Gasteiger partial charge in [0.25, 0.3) is 5.91 Å². The summed E-state index contributed by atoms with van der Waals surface area (Å²) in [6.07, 6.45) is 3.33. The van der Waals surface area contributed by atoms with E-state index in [2.05, 4.69) is 28.2 Å². The molecule has 0 bridgehead atoms. The zero-order valence-corrected chi connectivity index (χ0v) is 13.7. The van der Waals surface area contributed by atoms with E-state index in [-0.39, 0.29) is 5.91 Å². The molecule has 0 aliphatic heterocycles. The number of carbonyl (C=O) groups is 1. The number of carbonyl (C=O) groups excluding carboxylic acids is 1. The molecule has 2 aromatic rings. The van der Waals surface area contributed by atoms with Gasteiger partial charge in [-0.2, -0.15) is 0 Å². The minimum atomic E-state index is 0.00940. The number of thiophene rings is 1. The van der Waals surface area contributed by atoms with E-state index in [1.165, 1.54) is 16.9 Å². The highest BCUT2D eigenvalue weighted by Gasteiger charge is 2.23. The highest BCUT2D eigenvalue weighted by molar-refractivity contribution is 9.10. The first kappa shape index (κ1) is 13.8. The summed E-state index contributed by atoms with van der Waals surface area (Å²) in [5.41, 5.74) is 2.95. The second-order valence-corrected chi connectivity index (χ2v) is 7.24. The average Bonchev–Trinajstić information content (AvgIpc) is 2.81. The van der Waals surface area contributed by atoms with Crippen LogP contribution in [0.25, 0.3) is 0 Å². The number of rotatable bonds is 2. The van der Waals surface area contributed by atoms with E-state index < -0.39 is 0 Å². The number of anilines is 1. The van der Waals surface area contributed by atoms with Crippen molar-refractivity contribution >= 4 is 38.9 Å². The number of hydrogen-bond acceptors (Lipinski definition) is 2. The van der Waals surface area contributed by atoms with Gasteiger partial charge in [0.15, 0.2) is 0 Å². The van der Waals surface area contributed by atoms with E-state index in [0.29, 0.717) is 0 Å². The fourth-order valence-electron chi connectivity index (χ4n) is 2.63. The Balaban J connectivity index is 1.81. The lowest BCUT2D eigenvalue weighted by Crippen LogP contribution is -2.16. The van der Waals surface area contributed by atoms with Gasteiger partial charge in [-0.15, -0.1) is 11.3 Å². The van der Waals surface area contributed by atoms with Crippen LogP contribution >= 0.6 is 27.3 Å². The molecule has 1 aliphatic carbocycles. The fourth-order valence-corrected chi connectivity index (χ4v) is 4.28. The molecule has 20 heavy (non-hydrogen) atoms. The van der Waals surface area contributed by atoms with Gasteiger partial charge >= 0.3 is 0 Å². The molecule has 1 N–H and O–H groups in total. The van der Waals surface area contributed by atoms with Crippen LogP contribution < -0.4 is 5.32 Å². The third kappa shape index (κ3) is 2.81. The van der Waals surface area contributed by atoms with Gasteiger partial charge in [0.1, 0.15) is 0 Å². The number of hydrogen-bond donors (Lipinski definition) is 1. The van der Waals surface area contributed by atoms with Crippen LogP contribution in [-0.2, 0) is 12.8 Å². The predicted octanol–water partition coefficient (Wildman–Crippen LogP) is 4.89. The van der Waals surface area contributed by atoms with Gasteiger partial charge in [0, 0.05) is 20.4 Å². The van der Waals surface area contributed by atoms with Crippen molar-refractivity contribution in [3.63, 3.8) is 0 Å². The van der Waals surface area contributed by atoms with Crippen molar-refractivity contribution in [1.29, 1.82) is 0 Å². The van der Waals surface area contributed by atoms with Crippen LogP contribution in [0, 0.1) is 5.92 Å². The monoisotopic (exact) mass is 349 g/mol. The third-order valence-electron chi connectivity index (χ3n) is 3.73. The predicted molar refractivity (Wildman–Crippen MR) is 87.6 cm³/mol. The Morgan fingerprint density at radius 2 is 2.30 bits per heavy atom. The standard InChI is InChI=1S/C16H16BrNOS/c1-10-5-6-13-14(9-20-15(13)7-10)16(19)18-12-4-2-3-11(17)8-12/h2-4,8-10H,5-7H2,1H3,(H,18,19)/t10-/m0/s1. The molecule has 0 saturated heterocycles. The number of benzene rings is 1. The van der Waals surface area contributed by atoms with Crippen molar-refractivity contribution in [2.75, 3.05) is 5.32 Å². The van der Waals surface area contributed by atoms with Crippen LogP contribution in [-0.4, -0.2) is 5.91 Å². The number of halogens is 1. The lowest BCUT2D eigenvalue weighted by atomic mass is 9.88. The SMILES string of the molecule is C[C@H]1CCc2c(C(=O)Nc3cccc(Br)c3)csc2C1. The van der Waals surface area contributed by atoms with Gasteiger partial charge < -0.3 is 5.32 Å². The van der Waals surface area contributed by atoms with Crippen LogP contribution in [0.1, 0.15) is 34.1 Å². The summed E-state index contributed by atoms with van der Waals surface area (Å²) < 4.78 is 0.969. The van der Waals surface area contributed by atoms with E-state index in [0.717, 1.165) is 34.5 Å². The number of nitrogens with one attached hydrogen (secondary N) is 1. The van der Waals surface area contributed by atoms with Crippen LogP contribution in [0.5, 0.6) is 0 Å². The summed E-state index contributed by atoms with van der Waals surface area (Å²) >= 11 is 5.15. The molecule has 1 aromatic carbocycles. The van der Waals surface area contributed by atoms with E-state index in [1.54, 1.807) is 11.3 Å². The van der Waals surface area contributed by atoms with Crippen LogP contribution in [0.15, 0.2) is 34.1 Å². The quantitative estimate of drug-likeness (QED) is 0.821. The molecule has 2 nitrogen and oxygen atoms in total. The largest absolute Gasteiger partial charge is 0.322 e. The summed E-state index contributed by atoms with van der Waals surface area (Å²) in [6, 6.07) is 7.69. The van der Waals surface area contributed by atoms with E-state index in [9.17, 15) is 4.79 Å². The molecule has 0 unspecified atom stereocenters. The molecule has 1 aliphatic rings. The summed E-state index contributed by atoms with van der Waals surface area (Å²) in [4.78, 5) is 13.8. The van der Waals surface area contributed by atoms with E-state index in [4.69, 9.17) is 0 Å². The second kappa shape index (κ2) is 5.70. The number of amides is 1. The molecular weight excluding hydrogens is 334 g/mol. The van der Waals surface area contributed by atoms with Gasteiger partial charge in [-0.25, -0.2) is 0 Å². The second-order valence-electron chi connectivity index (χ2n) is 5.36. The first-order valence-corrected chi connectivity index (χ1v) is 8.47. The average molecular weight is 350 g/mol. The van der Waals surface area contributed by atoms with Crippen molar-refractivity contribution < 1.29 is 4.79 Å². The van der Waals surface area contributed by atoms with Gasteiger partial charge in [0.05, 0.1) is 5.56 Å². The molecule has 3 rings (SSSR count). The highest BCUT2D eigenvalue weighted by atomic mass is 79.9. The zero-order valence-electron chi connectivity index (χ0n) is 11.3. The molecule has 0 fully saturated rings. The number of fused-ring (bicyclic) bond motifs is 1. The third-order valence-corrected chi connectivity index (χ3v) is 5.27. The molecule has 0 spiro atoms. The Morgan fingerprint density at radius 1 is 1.45 bits per heavy atom. The Kier molecular flexibility index (Phi) is 3.94. The van der Waals surface area contributed by atoms with E-state index in [1.807, 2.05) is 29.6 Å². The van der Waals surface area contributed by atoms with Crippen molar-refractivity contribution in [3.05, 3.63) is 50.1 Å². The van der Waals surface area contributed by atoms with Gasteiger partial charge in [0.2, 0.25) is 0 Å². The summed E-state index contributed by atoms with van der Waals surface area (Å²) in [7, 11) is 0. The minimum Gasteiger partial charge on any atom is -0.322 e. The molecule has 1 amide bonds. The Bertz CT molecular complexity index is 650. The molecule has 104 valence electrons. The Morgan fingerprint density at radius 3 is 3.10 bits per heavy atom. The molecule has 0 radical (unpaired) electrons. The van der Waals surface area contributed by atoms with Crippen LogP contribution in [0.2, 0.25) is 0 Å². The first-order chi connectivity index (χ1) is 9.63. The Hall–Kier alpha value is -1.13. The van der Waals surface area contributed by atoms with Crippen molar-refractivity contribution in [2.45, 2.75) is 26.2 Å². The van der Waals surface area contributed by atoms with Crippen LogP contribution in [0.3, 0.4) is 0 Å². The minimum absolute atomic E-state index is 0.00940. The summed E-state index contributed by atoms with van der Waals surface area (Å²) in [5, 5.41) is 4.99. The molecule has 4 heteroatoms. The highest BCUT2D eigenvalue weighted by Crippen LogP contribution is 2.33. The Labute approximate surface area is 131 Å². The molecule has 1 heterocycles. The maximum Gasteiger partial charge on any atom is 0.256 e. The van der Waals surface area contributed by atoms with Crippen molar-refractivity contribution in [2.24, 2.45) is 5.92 Å². The molecule has 0 saturated carbocycles. The van der Waals surface area contributed by atoms with Crippen molar-refractivity contribution in [1.82, 2.24) is 0 Å². The maximum absolute atomic E-state index is 12.4. The lowest BCUT2D eigenvalue weighted by molar-refractivity contribution is 0.102. The summed E-state index contributed by atoms with van der Waals surface area (Å²) in [6.45, 7) is 2.28. The molecule has 1 atom stereocenters.